The molecule has 48 heavy (non-hydrogen) atoms. The number of nitrogens with two attached hydrogens (primary N) is 3. The van der Waals surface area contributed by atoms with Gasteiger partial charge in [-0.25, -0.2) is 0 Å². The molecule has 13 nitrogen and oxygen atoms in total. The molecule has 13 heteroatoms. The van der Waals surface area contributed by atoms with E-state index < -0.39 is 46.9 Å². The number of aromatic amines is 1. The van der Waals surface area contributed by atoms with Crippen LogP contribution in [0.1, 0.15) is 73.8 Å². The van der Waals surface area contributed by atoms with E-state index in [0.717, 1.165) is 16.5 Å². The van der Waals surface area contributed by atoms with E-state index in [4.69, 9.17) is 11.5 Å². The maximum atomic E-state index is 14.2. The number of benzene rings is 1. The van der Waals surface area contributed by atoms with Crippen LogP contribution in [0.3, 0.4) is 0 Å². The van der Waals surface area contributed by atoms with Crippen molar-refractivity contribution >= 4 is 40.6 Å². The fraction of sp³-hybridized carbons (Fsp3) is 0.571. The van der Waals surface area contributed by atoms with Crippen molar-refractivity contribution in [1.29, 1.82) is 0 Å². The predicted octanol–water partition coefficient (Wildman–Crippen LogP) is 0.256. The highest BCUT2D eigenvalue weighted by Crippen LogP contribution is 2.33. The van der Waals surface area contributed by atoms with E-state index in [1.54, 1.807) is 24.9 Å². The van der Waals surface area contributed by atoms with Crippen molar-refractivity contribution in [3.63, 3.8) is 0 Å². The first-order chi connectivity index (χ1) is 22.2. The van der Waals surface area contributed by atoms with E-state index in [-0.39, 0.29) is 42.2 Å². The first-order valence-corrected chi connectivity index (χ1v) is 16.4. The lowest BCUT2D eigenvalue weighted by atomic mass is 9.76. The zero-order valence-corrected chi connectivity index (χ0v) is 30.1. The van der Waals surface area contributed by atoms with Crippen LogP contribution >= 0.6 is 0 Å². The lowest BCUT2D eigenvalue weighted by molar-refractivity contribution is -0.658. The summed E-state index contributed by atoms with van der Waals surface area (Å²) in [6.07, 6.45) is 3.98. The summed E-state index contributed by atoms with van der Waals surface area (Å²) >= 11 is 0. The van der Waals surface area contributed by atoms with Crippen LogP contribution in [0.2, 0.25) is 0 Å². The van der Waals surface area contributed by atoms with Crippen molar-refractivity contribution in [2.75, 3.05) is 20.6 Å². The number of likely N-dealkylation sites (N-methyl/N-ethyl adjacent to an activating group) is 2. The average Bonchev–Trinajstić information content (AvgIpc) is 3.43. The largest absolute Gasteiger partial charge is 0.548 e. The van der Waals surface area contributed by atoms with E-state index in [0.29, 0.717) is 6.42 Å². The number of nitrogens with one attached hydrogen (secondary N) is 3. The standard InChI is InChI=1S/C35H56N8O5/c1-20(2)26(18-21(3)29(44)41-25(32(47)48)16-13-17-39-33(36)37)43(10)31(46)28(34(4,5)6)42-30(45)27(38-9)35(7,8)23-19-40-24-15-12-11-14-22(23)24/h11-12,14-15,18-20,25-28,38,40H,13,16-17H2,1-10H3,(H,41,44)(H,42,45)(H,47,48)(H4,36,37,39)/b21-18+/t25-,26+,27?,28+/m0/s1. The molecule has 0 saturated carbocycles. The number of hydrogen-bond acceptors (Lipinski definition) is 6. The van der Waals surface area contributed by atoms with Gasteiger partial charge in [0.2, 0.25) is 11.8 Å². The third-order valence-electron chi connectivity index (χ3n) is 8.87. The van der Waals surface area contributed by atoms with Crippen molar-refractivity contribution in [3.8, 4) is 0 Å². The molecule has 0 aliphatic carbocycles. The molecule has 0 aliphatic heterocycles. The highest BCUT2D eigenvalue weighted by Gasteiger charge is 2.44. The topological polar surface area (TPSA) is 215 Å². The van der Waals surface area contributed by atoms with Gasteiger partial charge in [0.25, 0.3) is 5.91 Å². The summed E-state index contributed by atoms with van der Waals surface area (Å²) < 4.78 is 0. The molecule has 9 N–H and O–H groups in total. The molecule has 4 atom stereocenters. The van der Waals surface area contributed by atoms with Gasteiger partial charge in [-0.3, -0.25) is 19.4 Å². The van der Waals surface area contributed by atoms with Crippen LogP contribution in [0.4, 0.5) is 0 Å². The summed E-state index contributed by atoms with van der Waals surface area (Å²) in [5.74, 6) is -2.83. The van der Waals surface area contributed by atoms with Crippen LogP contribution in [-0.2, 0) is 24.6 Å². The van der Waals surface area contributed by atoms with Crippen molar-refractivity contribution in [1.82, 2.24) is 20.5 Å². The summed E-state index contributed by atoms with van der Waals surface area (Å²) in [5, 5.41) is 20.2. The van der Waals surface area contributed by atoms with Crippen molar-refractivity contribution < 1.29 is 29.6 Å². The minimum Gasteiger partial charge on any atom is -0.548 e. The van der Waals surface area contributed by atoms with Gasteiger partial charge in [-0.05, 0) is 56.6 Å². The number of aliphatic imine (C=N–C) groups is 1. The molecule has 3 amide bonds. The minimum atomic E-state index is -1.42. The Bertz CT molecular complexity index is 1500. The van der Waals surface area contributed by atoms with Gasteiger partial charge in [0.05, 0.1) is 30.5 Å². The Morgan fingerprint density at radius 1 is 1.08 bits per heavy atom. The van der Waals surface area contributed by atoms with Crippen LogP contribution in [0, 0.1) is 11.3 Å². The lowest BCUT2D eigenvalue weighted by Gasteiger charge is -2.39. The molecular formula is C35H56N8O5. The average molecular weight is 669 g/mol. The Kier molecular flexibility index (Phi) is 13.8. The number of rotatable bonds is 16. The number of fused-ring (bicyclic) bond motifs is 1. The van der Waals surface area contributed by atoms with Gasteiger partial charge in [-0.2, -0.15) is 0 Å². The number of carboxylic acid groups (broad SMARTS) is 1. The van der Waals surface area contributed by atoms with E-state index in [1.165, 1.54) is 0 Å². The minimum absolute atomic E-state index is 0.0738. The van der Waals surface area contributed by atoms with Crippen LogP contribution in [0.25, 0.3) is 10.9 Å². The lowest BCUT2D eigenvalue weighted by Crippen LogP contribution is -2.93. The molecule has 266 valence electrons. The number of carbonyl (C=O) groups is 4. The number of quaternary nitrogens is 1. The second-order valence-electron chi connectivity index (χ2n) is 14.4. The molecule has 1 unspecified atom stereocenters. The number of hydrogen-bond donors (Lipinski definition) is 6. The number of carbonyl (C=O) groups excluding carboxylic acids is 4. The second kappa shape index (κ2) is 16.6. The summed E-state index contributed by atoms with van der Waals surface area (Å²) in [7, 11) is 3.50. The SMILES string of the molecule is C[NH2+]C(C(=O)N[C@H](C(=O)N(C)[C@H](/C=C(\C)C(=O)N[C@@H](CCCN=C(N)N)C(=O)[O-])C(C)C)C(C)(C)C)C(C)(C)c1c[nH]c2ccccc12. The van der Waals surface area contributed by atoms with Gasteiger partial charge in [0.15, 0.2) is 12.0 Å². The van der Waals surface area contributed by atoms with E-state index in [9.17, 15) is 24.3 Å². The molecule has 0 saturated heterocycles. The fourth-order valence-corrected chi connectivity index (χ4v) is 6.01. The molecule has 0 bridgehead atoms. The predicted molar refractivity (Wildman–Crippen MR) is 186 cm³/mol. The summed E-state index contributed by atoms with van der Waals surface area (Å²) in [5.41, 5.74) is 11.6. The van der Waals surface area contributed by atoms with Gasteiger partial charge in [-0.1, -0.05) is 58.9 Å². The summed E-state index contributed by atoms with van der Waals surface area (Å²) in [6.45, 7) is 15.3. The Morgan fingerprint density at radius 3 is 2.25 bits per heavy atom. The number of aliphatic carboxylic acids is 1. The Morgan fingerprint density at radius 2 is 1.71 bits per heavy atom. The zero-order valence-electron chi connectivity index (χ0n) is 30.1. The van der Waals surface area contributed by atoms with Crippen molar-refractivity contribution in [3.05, 3.63) is 47.7 Å². The summed E-state index contributed by atoms with van der Waals surface area (Å²) in [4.78, 5) is 61.7. The molecule has 1 aromatic heterocycles. The maximum absolute atomic E-state index is 14.2. The molecule has 0 radical (unpaired) electrons. The number of carboxylic acids is 1. The maximum Gasteiger partial charge on any atom is 0.279 e. The van der Waals surface area contributed by atoms with E-state index in [2.05, 4.69) is 20.6 Å². The number of H-pyrrole nitrogens is 1. The van der Waals surface area contributed by atoms with Crippen molar-refractivity contribution in [2.45, 2.75) is 97.8 Å². The van der Waals surface area contributed by atoms with Gasteiger partial charge < -0.3 is 47.2 Å². The molecule has 2 aromatic rings. The number of aromatic nitrogens is 1. The van der Waals surface area contributed by atoms with Gasteiger partial charge >= 0.3 is 0 Å². The van der Waals surface area contributed by atoms with Crippen LogP contribution in [0.5, 0.6) is 0 Å². The fourth-order valence-electron chi connectivity index (χ4n) is 6.01. The van der Waals surface area contributed by atoms with Crippen LogP contribution < -0.4 is 32.5 Å². The van der Waals surface area contributed by atoms with Gasteiger partial charge in [0, 0.05) is 36.3 Å². The number of amides is 3. The second-order valence-corrected chi connectivity index (χ2v) is 14.4. The summed E-state index contributed by atoms with van der Waals surface area (Å²) in [6, 6.07) is 4.73. The number of guanidine groups is 1. The van der Waals surface area contributed by atoms with E-state index in [1.807, 2.05) is 91.3 Å². The Hall–Kier alpha value is -4.39. The third kappa shape index (κ3) is 10.1. The number of para-hydroxylation sites is 1. The highest BCUT2D eigenvalue weighted by molar-refractivity contribution is 5.96. The van der Waals surface area contributed by atoms with Crippen molar-refractivity contribution in [2.24, 2.45) is 27.8 Å². The monoisotopic (exact) mass is 668 g/mol. The van der Waals surface area contributed by atoms with Crippen LogP contribution in [0.15, 0.2) is 47.1 Å². The molecule has 0 fully saturated rings. The Labute approximate surface area is 284 Å². The zero-order chi connectivity index (χ0) is 36.6. The smallest absolute Gasteiger partial charge is 0.279 e. The third-order valence-corrected chi connectivity index (χ3v) is 8.87. The van der Waals surface area contributed by atoms with E-state index >= 15 is 0 Å². The molecule has 0 spiro atoms. The van der Waals surface area contributed by atoms with Gasteiger partial charge in [0.1, 0.15) is 6.04 Å². The molecule has 1 heterocycles. The normalized spacial score (nSPS) is 14.9. The number of nitrogens with zero attached hydrogens (tertiary/aromatic N) is 2. The quantitative estimate of drug-likeness (QED) is 0.0634. The molecule has 1 aromatic carbocycles. The Balaban J connectivity index is 2.30. The molecular weight excluding hydrogens is 612 g/mol. The first kappa shape index (κ1) is 39.8. The highest BCUT2D eigenvalue weighted by atomic mass is 16.4. The van der Waals surface area contributed by atoms with Gasteiger partial charge in [-0.15, -0.1) is 0 Å². The molecule has 0 aliphatic rings. The van der Waals surface area contributed by atoms with Crippen LogP contribution in [-0.4, -0.2) is 84.3 Å². The molecule has 2 rings (SSSR count). The first-order valence-electron chi connectivity index (χ1n) is 16.4.